The lowest BCUT2D eigenvalue weighted by atomic mass is 10.2. The second-order valence-electron chi connectivity index (χ2n) is 7.00. The summed E-state index contributed by atoms with van der Waals surface area (Å²) in [7, 11) is 5.78. The Labute approximate surface area is 174 Å². The van der Waals surface area contributed by atoms with Crippen molar-refractivity contribution in [3.05, 3.63) is 24.0 Å². The van der Waals surface area contributed by atoms with Gasteiger partial charge >= 0.3 is 6.09 Å². The number of carbonyl (C=O) groups excluding carboxylic acids is 1. The van der Waals surface area contributed by atoms with Crippen LogP contribution in [0.15, 0.2) is 23.3 Å². The second kappa shape index (κ2) is 11.3. The molecule has 0 saturated heterocycles. The number of hydrogen-bond donors (Lipinski definition) is 1. The molecule has 26 heavy (non-hydrogen) atoms. The molecule has 1 heterocycles. The van der Waals surface area contributed by atoms with E-state index in [1.165, 1.54) is 5.69 Å². The third-order valence-corrected chi connectivity index (χ3v) is 3.72. The molecule has 1 N–H and O–H groups in total. The van der Waals surface area contributed by atoms with Crippen molar-refractivity contribution in [1.29, 1.82) is 0 Å². The minimum atomic E-state index is -0.483. The van der Waals surface area contributed by atoms with E-state index < -0.39 is 5.60 Å². The average Bonchev–Trinajstić information content (AvgIpc) is 2.90. The van der Waals surface area contributed by atoms with Crippen molar-refractivity contribution in [2.75, 3.05) is 33.7 Å². The molecule has 0 aliphatic carbocycles. The summed E-state index contributed by atoms with van der Waals surface area (Å²) in [4.78, 5) is 20.2. The number of ether oxygens (including phenoxy) is 1. The van der Waals surface area contributed by atoms with Crippen LogP contribution in [0, 0.1) is 0 Å². The van der Waals surface area contributed by atoms with E-state index in [-0.39, 0.29) is 30.1 Å². The quantitative estimate of drug-likeness (QED) is 0.387. The molecule has 0 bridgehead atoms. The lowest BCUT2D eigenvalue weighted by Gasteiger charge is -2.27. The van der Waals surface area contributed by atoms with Crippen LogP contribution in [0.5, 0.6) is 0 Å². The Kier molecular flexibility index (Phi) is 10.7. The summed E-state index contributed by atoms with van der Waals surface area (Å²) >= 11 is 0. The number of likely N-dealkylation sites (N-methyl/N-ethyl adjacent to an activating group) is 1. The Morgan fingerprint density at radius 1 is 1.38 bits per heavy atom. The smallest absolute Gasteiger partial charge is 0.410 e. The number of rotatable bonds is 6. The molecule has 1 aromatic heterocycles. The molecule has 1 aromatic rings. The number of guanidine groups is 1. The van der Waals surface area contributed by atoms with E-state index in [2.05, 4.69) is 25.8 Å². The Balaban J connectivity index is 0.00000625. The van der Waals surface area contributed by atoms with Crippen molar-refractivity contribution < 1.29 is 9.53 Å². The predicted octanol–water partition coefficient (Wildman–Crippen LogP) is 2.91. The minimum absolute atomic E-state index is 0. The average molecular weight is 479 g/mol. The van der Waals surface area contributed by atoms with E-state index in [4.69, 9.17) is 4.74 Å². The largest absolute Gasteiger partial charge is 0.444 e. The van der Waals surface area contributed by atoms with Gasteiger partial charge in [-0.3, -0.25) is 4.99 Å². The lowest BCUT2D eigenvalue weighted by Crippen LogP contribution is -2.44. The molecule has 0 aliphatic rings. The molecule has 0 radical (unpaired) electrons. The van der Waals surface area contributed by atoms with Gasteiger partial charge in [0, 0.05) is 52.7 Å². The standard InChI is InChI=1S/C18H33N5O2.HI/c1-8-23(17(24)25-18(2,3)4)13-11-20-16(19-5)22(7)14-15-10-9-12-21(15)6;/h9-10,12H,8,11,13-14H2,1-7H3,(H,19,20);1H. The SMILES string of the molecule is CCN(CCNC(=NC)N(C)Cc1cccn1C)C(=O)OC(C)(C)C.I. The van der Waals surface area contributed by atoms with E-state index in [1.807, 2.05) is 54.1 Å². The molecule has 1 amide bonds. The van der Waals surface area contributed by atoms with E-state index in [0.717, 1.165) is 12.5 Å². The topological polar surface area (TPSA) is 62.1 Å². The number of aromatic nitrogens is 1. The normalized spacial score (nSPS) is 11.6. The zero-order chi connectivity index (χ0) is 19.0. The molecular formula is C18H34IN5O2. The number of nitrogens with one attached hydrogen (secondary N) is 1. The fraction of sp³-hybridized carbons (Fsp3) is 0.667. The van der Waals surface area contributed by atoms with Crippen LogP contribution in [0.2, 0.25) is 0 Å². The first kappa shape index (κ1) is 24.6. The molecule has 0 saturated carbocycles. The van der Waals surface area contributed by atoms with Gasteiger partial charge in [-0.25, -0.2) is 4.79 Å². The van der Waals surface area contributed by atoms with Crippen LogP contribution in [-0.2, 0) is 18.3 Å². The fourth-order valence-electron chi connectivity index (χ4n) is 2.37. The lowest BCUT2D eigenvalue weighted by molar-refractivity contribution is 0.0263. The van der Waals surface area contributed by atoms with Crippen molar-refractivity contribution in [2.45, 2.75) is 39.8 Å². The molecular weight excluding hydrogens is 445 g/mol. The molecule has 1 rings (SSSR count). The molecule has 0 unspecified atom stereocenters. The monoisotopic (exact) mass is 479 g/mol. The van der Waals surface area contributed by atoms with Crippen LogP contribution in [-0.4, -0.2) is 65.8 Å². The Bertz CT molecular complexity index is 580. The van der Waals surface area contributed by atoms with Gasteiger partial charge in [-0.1, -0.05) is 0 Å². The number of amides is 1. The molecule has 0 spiro atoms. The van der Waals surface area contributed by atoms with E-state index in [0.29, 0.717) is 19.6 Å². The highest BCUT2D eigenvalue weighted by Crippen LogP contribution is 2.09. The third-order valence-electron chi connectivity index (χ3n) is 3.72. The number of carbonyl (C=O) groups is 1. The van der Waals surface area contributed by atoms with Crippen molar-refractivity contribution in [2.24, 2.45) is 12.0 Å². The summed E-state index contributed by atoms with van der Waals surface area (Å²) in [6.07, 6.45) is 1.74. The first-order valence-electron chi connectivity index (χ1n) is 8.67. The number of aryl methyl sites for hydroxylation is 1. The molecule has 0 aromatic carbocycles. The van der Waals surface area contributed by atoms with Crippen LogP contribution in [0.4, 0.5) is 4.79 Å². The summed E-state index contributed by atoms with van der Waals surface area (Å²) < 4.78 is 7.51. The van der Waals surface area contributed by atoms with E-state index in [9.17, 15) is 4.79 Å². The first-order chi connectivity index (χ1) is 11.7. The summed E-state index contributed by atoms with van der Waals surface area (Å²) in [6, 6.07) is 4.12. The molecule has 0 fully saturated rings. The summed E-state index contributed by atoms with van der Waals surface area (Å²) in [5.41, 5.74) is 0.720. The molecule has 150 valence electrons. The molecule has 0 aliphatic heterocycles. The number of hydrogen-bond acceptors (Lipinski definition) is 3. The molecule has 0 atom stereocenters. The van der Waals surface area contributed by atoms with Gasteiger partial charge in [0.25, 0.3) is 0 Å². The number of halogens is 1. The maximum atomic E-state index is 12.2. The van der Waals surface area contributed by atoms with Crippen molar-refractivity contribution >= 4 is 36.0 Å². The summed E-state index contributed by atoms with van der Waals surface area (Å²) in [5, 5.41) is 3.30. The van der Waals surface area contributed by atoms with Gasteiger partial charge in [-0.15, -0.1) is 24.0 Å². The van der Waals surface area contributed by atoms with Crippen LogP contribution >= 0.6 is 24.0 Å². The van der Waals surface area contributed by atoms with E-state index in [1.54, 1.807) is 11.9 Å². The van der Waals surface area contributed by atoms with Gasteiger partial charge in [0.05, 0.1) is 6.54 Å². The zero-order valence-corrected chi connectivity index (χ0v) is 19.4. The Hall–Kier alpha value is -1.45. The van der Waals surface area contributed by atoms with E-state index >= 15 is 0 Å². The van der Waals surface area contributed by atoms with Crippen LogP contribution in [0.1, 0.15) is 33.4 Å². The molecule has 7 nitrogen and oxygen atoms in total. The second-order valence-corrected chi connectivity index (χ2v) is 7.00. The number of aliphatic imine (C=N–C) groups is 1. The minimum Gasteiger partial charge on any atom is -0.444 e. The summed E-state index contributed by atoms with van der Waals surface area (Å²) in [5.74, 6) is 0.793. The van der Waals surface area contributed by atoms with Gasteiger partial charge in [-0.2, -0.15) is 0 Å². The number of nitrogens with zero attached hydrogens (tertiary/aromatic N) is 4. The third kappa shape index (κ3) is 8.29. The van der Waals surface area contributed by atoms with Crippen molar-refractivity contribution in [3.63, 3.8) is 0 Å². The van der Waals surface area contributed by atoms with Crippen LogP contribution in [0.3, 0.4) is 0 Å². The van der Waals surface area contributed by atoms with Crippen molar-refractivity contribution in [3.8, 4) is 0 Å². The van der Waals surface area contributed by atoms with Crippen LogP contribution < -0.4 is 5.32 Å². The van der Waals surface area contributed by atoms with Gasteiger partial charge < -0.3 is 24.4 Å². The zero-order valence-electron chi connectivity index (χ0n) is 17.1. The highest BCUT2D eigenvalue weighted by molar-refractivity contribution is 14.0. The fourth-order valence-corrected chi connectivity index (χ4v) is 2.37. The molecule has 8 heteroatoms. The highest BCUT2D eigenvalue weighted by atomic mass is 127. The van der Waals surface area contributed by atoms with Crippen molar-refractivity contribution in [1.82, 2.24) is 19.7 Å². The predicted molar refractivity (Wildman–Crippen MR) is 117 cm³/mol. The first-order valence-corrected chi connectivity index (χ1v) is 8.67. The van der Waals surface area contributed by atoms with Gasteiger partial charge in [0.1, 0.15) is 5.60 Å². The Morgan fingerprint density at radius 2 is 2.04 bits per heavy atom. The maximum Gasteiger partial charge on any atom is 0.410 e. The van der Waals surface area contributed by atoms with Gasteiger partial charge in [-0.05, 0) is 39.8 Å². The van der Waals surface area contributed by atoms with Crippen LogP contribution in [0.25, 0.3) is 0 Å². The maximum absolute atomic E-state index is 12.2. The Morgan fingerprint density at radius 3 is 2.50 bits per heavy atom. The highest BCUT2D eigenvalue weighted by Gasteiger charge is 2.21. The van der Waals surface area contributed by atoms with Gasteiger partial charge in [0.2, 0.25) is 0 Å². The summed E-state index contributed by atoms with van der Waals surface area (Å²) in [6.45, 7) is 10.1. The van der Waals surface area contributed by atoms with Gasteiger partial charge in [0.15, 0.2) is 5.96 Å².